The predicted octanol–water partition coefficient (Wildman–Crippen LogP) is 3.12. The number of nitrogens with zero attached hydrogens (tertiary/aromatic N) is 3. The lowest BCUT2D eigenvalue weighted by molar-refractivity contribution is -0.137. The van der Waals surface area contributed by atoms with Crippen molar-refractivity contribution >= 4 is 23.6 Å². The van der Waals surface area contributed by atoms with Gasteiger partial charge in [0.25, 0.3) is 5.91 Å². The number of carbonyl (C=O) groups excluding carboxylic acids is 2. The van der Waals surface area contributed by atoms with Crippen LogP contribution in [0.25, 0.3) is 0 Å². The Morgan fingerprint density at radius 1 is 1.03 bits per heavy atom. The van der Waals surface area contributed by atoms with E-state index >= 15 is 0 Å². The average molecular weight is 440 g/mol. The van der Waals surface area contributed by atoms with Crippen LogP contribution in [0.5, 0.6) is 5.75 Å². The molecule has 2 aromatic carbocycles. The third-order valence-electron chi connectivity index (χ3n) is 6.05. The molecule has 0 aliphatic carbocycles. The van der Waals surface area contributed by atoms with Crippen molar-refractivity contribution in [2.24, 2.45) is 0 Å². The normalized spacial score (nSPS) is 21.9. The van der Waals surface area contributed by atoms with Crippen LogP contribution in [-0.4, -0.2) is 78.1 Å². The van der Waals surface area contributed by atoms with Gasteiger partial charge in [0.2, 0.25) is 5.91 Å². The predicted molar refractivity (Wildman–Crippen MR) is 123 cm³/mol. The van der Waals surface area contributed by atoms with Crippen LogP contribution in [0.2, 0.25) is 0 Å². The summed E-state index contributed by atoms with van der Waals surface area (Å²) in [4.78, 5) is 33.2. The molecule has 0 aromatic heterocycles. The molecule has 0 bridgehead atoms. The molecular weight excluding hydrogens is 410 g/mol. The van der Waals surface area contributed by atoms with Crippen molar-refractivity contribution in [1.29, 1.82) is 0 Å². The molecule has 2 fully saturated rings. The first-order valence-electron chi connectivity index (χ1n) is 10.8. The van der Waals surface area contributed by atoms with E-state index in [1.165, 1.54) is 0 Å². The zero-order valence-corrected chi connectivity index (χ0v) is 18.9. The summed E-state index contributed by atoms with van der Waals surface area (Å²) in [6.07, 6.45) is 0. The second kappa shape index (κ2) is 9.75. The second-order valence-electron chi connectivity index (χ2n) is 7.82. The molecule has 31 heavy (non-hydrogen) atoms. The monoisotopic (exact) mass is 439 g/mol. The summed E-state index contributed by atoms with van der Waals surface area (Å²) in [5, 5.41) is -0.189. The summed E-state index contributed by atoms with van der Waals surface area (Å²) in [7, 11) is 1.59. The molecule has 6 nitrogen and oxygen atoms in total. The van der Waals surface area contributed by atoms with E-state index in [-0.39, 0.29) is 17.2 Å². The Hall–Kier alpha value is -2.51. The third kappa shape index (κ3) is 4.57. The lowest BCUT2D eigenvalue weighted by atomic mass is 10.1. The fourth-order valence-corrected chi connectivity index (χ4v) is 5.64. The molecule has 2 aliphatic heterocycles. The van der Waals surface area contributed by atoms with Gasteiger partial charge in [-0.3, -0.25) is 9.59 Å². The van der Waals surface area contributed by atoms with Crippen LogP contribution in [0.4, 0.5) is 0 Å². The zero-order chi connectivity index (χ0) is 21.8. The molecule has 2 heterocycles. The molecule has 2 amide bonds. The van der Waals surface area contributed by atoms with Crippen LogP contribution < -0.4 is 4.74 Å². The molecule has 4 rings (SSSR count). The highest BCUT2D eigenvalue weighted by molar-refractivity contribution is 7.99. The minimum Gasteiger partial charge on any atom is -0.497 e. The van der Waals surface area contributed by atoms with Crippen LogP contribution in [0, 0.1) is 0 Å². The molecule has 2 aliphatic rings. The van der Waals surface area contributed by atoms with Gasteiger partial charge in [-0.1, -0.05) is 43.3 Å². The van der Waals surface area contributed by atoms with Gasteiger partial charge in [0, 0.05) is 37.5 Å². The van der Waals surface area contributed by atoms with Crippen molar-refractivity contribution in [1.82, 2.24) is 14.7 Å². The number of ether oxygens (including phenoxy) is 1. The van der Waals surface area contributed by atoms with Gasteiger partial charge >= 0.3 is 0 Å². The number of benzene rings is 2. The van der Waals surface area contributed by atoms with Crippen molar-refractivity contribution in [2.75, 3.05) is 45.6 Å². The van der Waals surface area contributed by atoms with E-state index in [2.05, 4.69) is 11.8 Å². The maximum Gasteiger partial charge on any atom is 0.255 e. The van der Waals surface area contributed by atoms with Gasteiger partial charge in [0.15, 0.2) is 0 Å². The molecule has 164 valence electrons. The summed E-state index contributed by atoms with van der Waals surface area (Å²) in [6.45, 7) is 6.33. The second-order valence-corrected chi connectivity index (χ2v) is 8.93. The zero-order valence-electron chi connectivity index (χ0n) is 18.1. The molecule has 0 radical (unpaired) electrons. The van der Waals surface area contributed by atoms with Gasteiger partial charge in [-0.15, -0.1) is 11.8 Å². The Morgan fingerprint density at radius 2 is 1.77 bits per heavy atom. The molecule has 2 saturated heterocycles. The molecular formula is C24H29N3O3S. The summed E-state index contributed by atoms with van der Waals surface area (Å²) in [6, 6.07) is 16.7. The fourth-order valence-electron chi connectivity index (χ4n) is 4.22. The van der Waals surface area contributed by atoms with E-state index in [9.17, 15) is 9.59 Å². The Morgan fingerprint density at radius 3 is 2.45 bits per heavy atom. The Labute approximate surface area is 188 Å². The first kappa shape index (κ1) is 21.7. The van der Waals surface area contributed by atoms with Gasteiger partial charge in [-0.25, -0.2) is 0 Å². The van der Waals surface area contributed by atoms with Crippen molar-refractivity contribution in [2.45, 2.75) is 18.3 Å². The number of methoxy groups -OCH3 is 1. The standard InChI is InChI=1S/C24H29N3O3S/c1-3-25-12-14-26(15-13-25)23(29)21-17-31-24(18-8-5-4-6-9-18)27(21)22(28)19-10-7-11-20(16-19)30-2/h4-11,16,21,24H,3,12-15,17H2,1-2H3. The maximum atomic E-state index is 13.7. The van der Waals surface area contributed by atoms with E-state index in [1.807, 2.05) is 47.4 Å². The fraction of sp³-hybridized carbons (Fsp3) is 0.417. The topological polar surface area (TPSA) is 53.1 Å². The van der Waals surface area contributed by atoms with Gasteiger partial charge < -0.3 is 19.4 Å². The van der Waals surface area contributed by atoms with Crippen LogP contribution in [0.15, 0.2) is 54.6 Å². The number of thioether (sulfide) groups is 1. The summed E-state index contributed by atoms with van der Waals surface area (Å²) < 4.78 is 5.31. The highest BCUT2D eigenvalue weighted by Crippen LogP contribution is 2.42. The minimum atomic E-state index is -0.470. The molecule has 2 aromatic rings. The van der Waals surface area contributed by atoms with Gasteiger partial charge in [-0.05, 0) is 30.3 Å². The lowest BCUT2D eigenvalue weighted by Crippen LogP contribution is -2.55. The SMILES string of the molecule is CCN1CCN(C(=O)C2CSC(c3ccccc3)N2C(=O)c2cccc(OC)c2)CC1. The minimum absolute atomic E-state index is 0.0536. The van der Waals surface area contributed by atoms with Crippen LogP contribution >= 0.6 is 11.8 Å². The number of hydrogen-bond acceptors (Lipinski definition) is 5. The third-order valence-corrected chi connectivity index (χ3v) is 7.38. The van der Waals surface area contributed by atoms with Crippen molar-refractivity contribution in [3.05, 3.63) is 65.7 Å². The summed E-state index contributed by atoms with van der Waals surface area (Å²) in [5.41, 5.74) is 1.58. The van der Waals surface area contributed by atoms with E-state index in [1.54, 1.807) is 35.9 Å². The average Bonchev–Trinajstić information content (AvgIpc) is 3.29. The van der Waals surface area contributed by atoms with Crippen molar-refractivity contribution < 1.29 is 14.3 Å². The molecule has 0 N–H and O–H groups in total. The largest absolute Gasteiger partial charge is 0.497 e. The highest BCUT2D eigenvalue weighted by Gasteiger charge is 2.44. The Kier molecular flexibility index (Phi) is 6.83. The van der Waals surface area contributed by atoms with Crippen molar-refractivity contribution in [3.63, 3.8) is 0 Å². The van der Waals surface area contributed by atoms with E-state index in [0.717, 1.165) is 25.2 Å². The number of likely N-dealkylation sites (N-methyl/N-ethyl adjacent to an activating group) is 1. The van der Waals surface area contributed by atoms with Crippen LogP contribution in [-0.2, 0) is 4.79 Å². The summed E-state index contributed by atoms with van der Waals surface area (Å²) in [5.74, 6) is 1.15. The molecule has 0 spiro atoms. The van der Waals surface area contributed by atoms with Gasteiger partial charge in [-0.2, -0.15) is 0 Å². The van der Waals surface area contributed by atoms with Gasteiger partial charge in [0.05, 0.1) is 7.11 Å². The molecule has 7 heteroatoms. The molecule has 2 unspecified atom stereocenters. The quantitative estimate of drug-likeness (QED) is 0.717. The Balaban J connectivity index is 1.62. The molecule has 2 atom stereocenters. The van der Waals surface area contributed by atoms with E-state index in [0.29, 0.717) is 30.2 Å². The summed E-state index contributed by atoms with van der Waals surface area (Å²) >= 11 is 1.66. The first-order valence-corrected chi connectivity index (χ1v) is 11.8. The van der Waals surface area contributed by atoms with E-state index in [4.69, 9.17) is 4.74 Å². The van der Waals surface area contributed by atoms with Crippen molar-refractivity contribution in [3.8, 4) is 5.75 Å². The van der Waals surface area contributed by atoms with E-state index < -0.39 is 6.04 Å². The smallest absolute Gasteiger partial charge is 0.255 e. The van der Waals surface area contributed by atoms with Gasteiger partial charge in [0.1, 0.15) is 17.2 Å². The highest BCUT2D eigenvalue weighted by atomic mass is 32.2. The number of hydrogen-bond donors (Lipinski definition) is 0. The lowest BCUT2D eigenvalue weighted by Gasteiger charge is -2.37. The Bertz CT molecular complexity index is 915. The number of carbonyl (C=O) groups is 2. The molecule has 0 saturated carbocycles. The maximum absolute atomic E-state index is 13.7. The first-order chi connectivity index (χ1) is 15.1. The van der Waals surface area contributed by atoms with Crippen LogP contribution in [0.1, 0.15) is 28.2 Å². The number of amides is 2. The number of rotatable bonds is 5. The number of piperazine rings is 1. The van der Waals surface area contributed by atoms with Crippen LogP contribution in [0.3, 0.4) is 0 Å².